The first-order valence-electron chi connectivity index (χ1n) is 7.71. The molecule has 140 valence electrons. The number of alkyl halides is 3. The van der Waals surface area contributed by atoms with Crippen LogP contribution in [0.2, 0.25) is 0 Å². The summed E-state index contributed by atoms with van der Waals surface area (Å²) in [7, 11) is -4.35. The number of aliphatic hydroxyl groups excluding tert-OH is 1. The smallest absolute Gasteiger partial charge is 0.416 e. The Bertz CT molecular complexity index is 1150. The van der Waals surface area contributed by atoms with E-state index in [1.807, 2.05) is 18.2 Å². The van der Waals surface area contributed by atoms with Crippen LogP contribution in [-0.2, 0) is 22.6 Å². The largest absolute Gasteiger partial charge is 0.492 e. The first kappa shape index (κ1) is 18.8. The van der Waals surface area contributed by atoms with Crippen LogP contribution < -0.4 is 10.4 Å². The summed E-state index contributed by atoms with van der Waals surface area (Å²) in [6, 6.07) is 7.83. The van der Waals surface area contributed by atoms with E-state index in [9.17, 15) is 26.7 Å². The molecule has 3 rings (SSSR count). The minimum absolute atomic E-state index is 0.281. The molecule has 0 aromatic heterocycles. The van der Waals surface area contributed by atoms with E-state index in [4.69, 9.17) is 0 Å². The van der Waals surface area contributed by atoms with Crippen LogP contribution >= 0.6 is 0 Å². The van der Waals surface area contributed by atoms with Crippen molar-refractivity contribution in [3.8, 4) is 0 Å². The molecule has 0 bridgehead atoms. The summed E-state index contributed by atoms with van der Waals surface area (Å²) >= 11 is 0. The fourth-order valence-corrected chi connectivity index (χ4v) is 3.22. The number of allylic oxidation sites excluding steroid dienone is 2. The zero-order valence-corrected chi connectivity index (χ0v) is 14.5. The Morgan fingerprint density at radius 3 is 2.44 bits per heavy atom. The third kappa shape index (κ3) is 4.25. The minimum atomic E-state index is -4.57. The van der Waals surface area contributed by atoms with Gasteiger partial charge in [-0.1, -0.05) is 33.9 Å². The normalized spacial score (nSPS) is 15.4. The highest BCUT2D eigenvalue weighted by atomic mass is 32.2. The third-order valence-electron chi connectivity index (χ3n) is 3.87. The summed E-state index contributed by atoms with van der Waals surface area (Å²) in [6.45, 7) is 0. The fraction of sp³-hybridized carbons (Fsp3) is 0.111. The monoisotopic (exact) mass is 394 g/mol. The average molecular weight is 394 g/mol. The van der Waals surface area contributed by atoms with Crippen molar-refractivity contribution < 1.29 is 26.7 Å². The maximum atomic E-state index is 12.5. The van der Waals surface area contributed by atoms with Crippen LogP contribution in [0, 0.1) is 0 Å². The summed E-state index contributed by atoms with van der Waals surface area (Å²) in [4.78, 5) is -0.461. The summed E-state index contributed by atoms with van der Waals surface area (Å²) in [5.41, 5.74) is -0.0462. The van der Waals surface area contributed by atoms with Gasteiger partial charge in [0.05, 0.1) is 10.5 Å². The zero-order chi connectivity index (χ0) is 19.7. The Labute approximate surface area is 152 Å². The summed E-state index contributed by atoms with van der Waals surface area (Å²) < 4.78 is 64.9. The van der Waals surface area contributed by atoms with E-state index in [-0.39, 0.29) is 5.22 Å². The van der Waals surface area contributed by atoms with Crippen LogP contribution in [0.15, 0.2) is 69.1 Å². The van der Waals surface area contributed by atoms with Crippen LogP contribution in [0.5, 0.6) is 0 Å². The predicted molar refractivity (Wildman–Crippen MR) is 92.5 cm³/mol. The molecule has 1 aliphatic rings. The third-order valence-corrected chi connectivity index (χ3v) is 5.04. The maximum absolute atomic E-state index is 12.5. The lowest BCUT2D eigenvalue weighted by Gasteiger charge is -2.06. The zero-order valence-electron chi connectivity index (χ0n) is 13.7. The van der Waals surface area contributed by atoms with Gasteiger partial charge in [0.1, 0.15) is 0 Å². The van der Waals surface area contributed by atoms with Crippen LogP contribution in [0.25, 0.3) is 12.0 Å². The van der Waals surface area contributed by atoms with E-state index in [1.54, 1.807) is 18.2 Å². The molecule has 0 fully saturated rings. The van der Waals surface area contributed by atoms with Gasteiger partial charge >= 0.3 is 6.18 Å². The van der Waals surface area contributed by atoms with Crippen molar-refractivity contribution in [3.63, 3.8) is 0 Å². The molecule has 9 heteroatoms. The molecular formula is C18H13F3N2O3S. The first-order chi connectivity index (χ1) is 12.7. The van der Waals surface area contributed by atoms with Crippen molar-refractivity contribution in [2.45, 2.75) is 17.5 Å². The van der Waals surface area contributed by atoms with E-state index in [1.165, 1.54) is 0 Å². The van der Waals surface area contributed by atoms with Gasteiger partial charge in [-0.2, -0.15) is 21.6 Å². The highest BCUT2D eigenvalue weighted by Gasteiger charge is 2.30. The lowest BCUT2D eigenvalue weighted by Crippen LogP contribution is -2.17. The Hall–Kier alpha value is -2.94. The molecule has 1 aliphatic carbocycles. The van der Waals surface area contributed by atoms with E-state index >= 15 is 0 Å². The van der Waals surface area contributed by atoms with Crippen LogP contribution in [-0.4, -0.2) is 13.5 Å². The lowest BCUT2D eigenvalue weighted by molar-refractivity contribution is -0.137. The molecule has 27 heavy (non-hydrogen) atoms. The van der Waals surface area contributed by atoms with Crippen molar-refractivity contribution >= 4 is 22.0 Å². The maximum Gasteiger partial charge on any atom is 0.416 e. The number of nitrogens with zero attached hydrogens (tertiary/aromatic N) is 2. The number of halogens is 3. The Morgan fingerprint density at radius 2 is 1.78 bits per heavy atom. The molecule has 1 N–H and O–H groups in total. The fourth-order valence-electron chi connectivity index (χ4n) is 2.46. The Balaban J connectivity index is 1.90. The van der Waals surface area contributed by atoms with Crippen molar-refractivity contribution in [3.05, 3.63) is 76.2 Å². The minimum Gasteiger partial charge on any atom is -0.492 e. The number of hydrogen-bond acceptors (Lipinski definition) is 4. The van der Waals surface area contributed by atoms with E-state index in [0.29, 0.717) is 18.6 Å². The molecule has 2 aromatic carbocycles. The summed E-state index contributed by atoms with van der Waals surface area (Å²) in [5, 5.41) is 14.6. The number of benzene rings is 2. The number of hydrogen-bond donors (Lipinski definition) is 1. The van der Waals surface area contributed by atoms with Crippen molar-refractivity contribution in [1.29, 1.82) is 0 Å². The van der Waals surface area contributed by atoms with E-state index in [2.05, 4.69) is 9.63 Å². The highest BCUT2D eigenvalue weighted by molar-refractivity contribution is 7.90. The first-order valence-corrected chi connectivity index (χ1v) is 9.15. The van der Waals surface area contributed by atoms with Crippen LogP contribution in [0.3, 0.4) is 0 Å². The van der Waals surface area contributed by atoms with Crippen LogP contribution in [0.1, 0.15) is 11.1 Å². The van der Waals surface area contributed by atoms with Crippen molar-refractivity contribution in [1.82, 2.24) is 0 Å². The summed E-state index contributed by atoms with van der Waals surface area (Å²) in [6.07, 6.45) is 1.82. The number of aliphatic hydroxyl groups is 1. The molecule has 0 aliphatic heterocycles. The van der Waals surface area contributed by atoms with Crippen LogP contribution in [0.4, 0.5) is 13.2 Å². The molecule has 0 spiro atoms. The molecule has 0 unspecified atom stereocenters. The highest BCUT2D eigenvalue weighted by Crippen LogP contribution is 2.30. The molecule has 0 atom stereocenters. The molecule has 0 amide bonds. The van der Waals surface area contributed by atoms with E-state index < -0.39 is 32.5 Å². The predicted octanol–water partition coefficient (Wildman–Crippen LogP) is 3.06. The summed E-state index contributed by atoms with van der Waals surface area (Å²) in [5.74, 6) is -0.608. The SMILES string of the molecule is O=S(=O)(N=NC(O)=c1ccc2c(c1)CC=CC=2)c1ccc(C(F)(F)F)cc1. The topological polar surface area (TPSA) is 79.1 Å². The second-order valence-corrected chi connectivity index (χ2v) is 7.30. The molecule has 2 aromatic rings. The Kier molecular flexibility index (Phi) is 4.88. The van der Waals surface area contributed by atoms with Gasteiger partial charge in [-0.3, -0.25) is 0 Å². The second kappa shape index (κ2) is 6.99. The quantitative estimate of drug-likeness (QED) is 0.813. The molecule has 0 heterocycles. The number of sulfonamides is 1. The molecule has 0 saturated heterocycles. The lowest BCUT2D eigenvalue weighted by atomic mass is 10.0. The van der Waals surface area contributed by atoms with E-state index in [0.717, 1.165) is 22.9 Å². The van der Waals surface area contributed by atoms with Gasteiger partial charge in [-0.05, 0) is 53.6 Å². The van der Waals surface area contributed by atoms with Gasteiger partial charge in [-0.15, -0.1) is 0 Å². The molecular weight excluding hydrogens is 381 g/mol. The van der Waals surface area contributed by atoms with Gasteiger partial charge in [0.25, 0.3) is 10.0 Å². The molecule has 5 nitrogen and oxygen atoms in total. The average Bonchev–Trinajstić information content (AvgIpc) is 2.65. The second-order valence-electron chi connectivity index (χ2n) is 5.71. The van der Waals surface area contributed by atoms with Gasteiger partial charge in [0.15, 0.2) is 0 Å². The van der Waals surface area contributed by atoms with Gasteiger partial charge < -0.3 is 5.11 Å². The van der Waals surface area contributed by atoms with Crippen molar-refractivity contribution in [2.75, 3.05) is 0 Å². The van der Waals surface area contributed by atoms with Gasteiger partial charge in [-0.25, -0.2) is 0 Å². The van der Waals surface area contributed by atoms with Gasteiger partial charge in [0.2, 0.25) is 5.88 Å². The molecule has 0 saturated carbocycles. The van der Waals surface area contributed by atoms with Crippen molar-refractivity contribution in [2.24, 2.45) is 9.63 Å². The molecule has 0 radical (unpaired) electrons. The number of fused-ring (bicyclic) bond motifs is 1. The Morgan fingerprint density at radius 1 is 1.07 bits per heavy atom. The number of rotatable bonds is 3. The standard InChI is InChI=1S/C18H13F3N2O3S/c19-18(20,21)15-7-9-16(10-8-15)27(25,26)23-22-17(24)14-6-5-12-3-1-2-4-13(12)11-14/h1-3,5-11,24H,4H2. The van der Waals surface area contributed by atoms with Gasteiger partial charge in [0, 0.05) is 5.22 Å².